The number of rotatable bonds is 2. The molecule has 0 aliphatic rings. The molecule has 5 heteroatoms. The average Bonchev–Trinajstić information content (AvgIpc) is 2.47. The number of aryl methyl sites for hydroxylation is 6. The predicted octanol–water partition coefficient (Wildman–Crippen LogP) is 6.47. The van der Waals surface area contributed by atoms with E-state index in [9.17, 15) is 0 Å². The molecule has 0 heterocycles. The van der Waals surface area contributed by atoms with Gasteiger partial charge in [-0.05, 0) is 87.0 Å². The van der Waals surface area contributed by atoms with Crippen LogP contribution in [0.25, 0.3) is 0 Å². The van der Waals surface area contributed by atoms with Crippen molar-refractivity contribution in [1.82, 2.24) is 0 Å². The van der Waals surface area contributed by atoms with Crippen molar-refractivity contribution >= 4 is 84.6 Å². The summed E-state index contributed by atoms with van der Waals surface area (Å²) in [5.74, 6) is 0. The topological polar surface area (TPSA) is 0 Å². The molecule has 2 atom stereocenters. The molecule has 0 bridgehead atoms. The van der Waals surface area contributed by atoms with Crippen molar-refractivity contribution in [3.05, 3.63) is 57.6 Å². The fraction of sp³-hybridized carbons (Fsp3) is 0.364. The first-order valence-electron chi connectivity index (χ1n) is 7.69. The zero-order valence-electron chi connectivity index (χ0n) is 15.6. The normalized spacial score (nSPS) is 9.78. The third-order valence-electron chi connectivity index (χ3n) is 3.70. The Morgan fingerprint density at radius 3 is 1.00 bits per heavy atom. The Morgan fingerprint density at radius 1 is 0.593 bits per heavy atom. The van der Waals surface area contributed by atoms with E-state index < -0.39 is 0 Å². The number of benzene rings is 2. The fourth-order valence-electron chi connectivity index (χ4n) is 2.85. The van der Waals surface area contributed by atoms with Crippen molar-refractivity contribution < 1.29 is 0 Å². The van der Waals surface area contributed by atoms with Crippen LogP contribution >= 0.6 is 39.6 Å². The molecule has 0 amide bonds. The van der Waals surface area contributed by atoms with Gasteiger partial charge in [-0.25, -0.2) is 0 Å². The van der Waals surface area contributed by atoms with Crippen LogP contribution in [0, 0.1) is 41.5 Å². The van der Waals surface area contributed by atoms with E-state index in [0.717, 1.165) is 0 Å². The van der Waals surface area contributed by atoms with Crippen molar-refractivity contribution in [2.24, 2.45) is 0 Å². The van der Waals surface area contributed by atoms with E-state index in [-0.39, 0.29) is 38.8 Å². The van der Waals surface area contributed by atoms with Crippen LogP contribution in [0.4, 0.5) is 0 Å². The van der Waals surface area contributed by atoms with Gasteiger partial charge in [0.25, 0.3) is 10.5 Å². The Labute approximate surface area is 197 Å². The van der Waals surface area contributed by atoms with Gasteiger partial charge in [0, 0.05) is 23.9 Å². The summed E-state index contributed by atoms with van der Waals surface area (Å²) < 4.78 is 0. The average molecular weight is 548 g/mol. The smallest absolute Gasteiger partial charge is 0.0776 e. The van der Waals surface area contributed by atoms with Crippen LogP contribution in [-0.4, -0.2) is 34.4 Å². The summed E-state index contributed by atoms with van der Waals surface area (Å²) in [7, 11) is 0.993. The molecule has 0 fully saturated rings. The minimum absolute atomic E-state index is 0. The van der Waals surface area contributed by atoms with Crippen LogP contribution < -0.4 is 10.6 Å². The fourth-order valence-corrected chi connectivity index (χ4v) is 4.68. The molecule has 0 saturated heterocycles. The summed E-state index contributed by atoms with van der Waals surface area (Å²) >= 11 is 11.0. The first kappa shape index (κ1) is 31.8. The Hall–Kier alpha value is 0.159. The molecular formula is C22H32Cl2P2Sn+2. The molecule has 0 aliphatic heterocycles. The van der Waals surface area contributed by atoms with Crippen LogP contribution in [-0.2, 0) is 0 Å². The van der Waals surface area contributed by atoms with Gasteiger partial charge in [0.2, 0.25) is 0 Å². The standard InChI is InChI=1S/2C10H12ClP.2CH4.Sn/c2*1-7-4-8(2)10(12-6-11)9(3)5-7;;;/h2*4-5,12H,1-3H3;2*1H4;/q2*+1;;;. The third kappa shape index (κ3) is 10.5. The molecule has 0 aromatic heterocycles. The van der Waals surface area contributed by atoms with Gasteiger partial charge in [0.15, 0.2) is 10.6 Å². The Bertz CT molecular complexity index is 657. The Kier molecular flexibility index (Phi) is 18.9. The van der Waals surface area contributed by atoms with E-state index in [2.05, 4.69) is 76.3 Å². The number of halogens is 2. The molecule has 2 aromatic carbocycles. The van der Waals surface area contributed by atoms with Crippen LogP contribution in [0.15, 0.2) is 24.3 Å². The number of hydrogen-bond acceptors (Lipinski definition) is 0. The summed E-state index contributed by atoms with van der Waals surface area (Å²) in [4.78, 5) is 0. The van der Waals surface area contributed by atoms with E-state index in [1.807, 2.05) is 0 Å². The largest absolute Gasteiger partial charge is 0.274 e. The monoisotopic (exact) mass is 548 g/mol. The Morgan fingerprint density at radius 2 is 0.815 bits per heavy atom. The van der Waals surface area contributed by atoms with Crippen LogP contribution in [0.1, 0.15) is 48.2 Å². The first-order valence-corrected chi connectivity index (χ1v) is 10.4. The van der Waals surface area contributed by atoms with E-state index in [4.69, 9.17) is 23.2 Å². The molecular weight excluding hydrogens is 516 g/mol. The third-order valence-corrected chi connectivity index (χ3v) is 6.53. The second-order valence-corrected chi connectivity index (χ2v) is 9.00. The van der Waals surface area contributed by atoms with Crippen molar-refractivity contribution in [3.63, 3.8) is 0 Å². The molecule has 0 spiro atoms. The van der Waals surface area contributed by atoms with Crippen molar-refractivity contribution in [1.29, 1.82) is 0 Å². The second kappa shape index (κ2) is 16.0. The van der Waals surface area contributed by atoms with Gasteiger partial charge in [0.1, 0.15) is 16.4 Å². The first-order chi connectivity index (χ1) is 11.3. The van der Waals surface area contributed by atoms with Gasteiger partial charge < -0.3 is 0 Å². The number of hydrogen-bond donors (Lipinski definition) is 0. The van der Waals surface area contributed by atoms with Crippen molar-refractivity contribution in [3.8, 4) is 0 Å². The quantitative estimate of drug-likeness (QED) is 0.298. The maximum atomic E-state index is 5.48. The van der Waals surface area contributed by atoms with Crippen LogP contribution in [0.2, 0.25) is 0 Å². The summed E-state index contributed by atoms with van der Waals surface area (Å²) in [5, 5.41) is 8.03. The summed E-state index contributed by atoms with van der Waals surface area (Å²) in [5.41, 5.74) is 7.90. The van der Waals surface area contributed by atoms with Gasteiger partial charge in [-0.3, -0.25) is 0 Å². The van der Waals surface area contributed by atoms with Gasteiger partial charge in [-0.2, -0.15) is 0 Å². The minimum Gasteiger partial charge on any atom is -0.0776 e. The van der Waals surface area contributed by atoms with Gasteiger partial charge in [-0.1, -0.05) is 50.2 Å². The molecule has 146 valence electrons. The van der Waals surface area contributed by atoms with Gasteiger partial charge in [-0.15, -0.1) is 0 Å². The van der Waals surface area contributed by atoms with Crippen LogP contribution in [0.5, 0.6) is 0 Å². The Balaban J connectivity index is -0.000000384. The maximum Gasteiger partial charge on any atom is 0.274 e. The summed E-state index contributed by atoms with van der Waals surface area (Å²) in [6.07, 6.45) is 0. The molecule has 0 aliphatic carbocycles. The van der Waals surface area contributed by atoms with Crippen molar-refractivity contribution in [2.45, 2.75) is 56.4 Å². The van der Waals surface area contributed by atoms with Gasteiger partial charge >= 0.3 is 0 Å². The second-order valence-electron chi connectivity index (χ2n) is 5.99. The zero-order chi connectivity index (χ0) is 18.3. The predicted molar refractivity (Wildman–Crippen MR) is 138 cm³/mol. The van der Waals surface area contributed by atoms with E-state index in [1.54, 1.807) is 0 Å². The van der Waals surface area contributed by atoms with E-state index in [0.29, 0.717) is 16.4 Å². The molecule has 0 N–H and O–H groups in total. The van der Waals surface area contributed by atoms with E-state index >= 15 is 0 Å². The van der Waals surface area contributed by atoms with E-state index in [1.165, 1.54) is 44.0 Å². The molecule has 0 saturated carbocycles. The summed E-state index contributed by atoms with van der Waals surface area (Å²) in [6, 6.07) is 8.74. The van der Waals surface area contributed by atoms with Crippen molar-refractivity contribution in [2.75, 3.05) is 0 Å². The molecule has 6 radical (unpaired) electrons. The molecule has 2 unspecified atom stereocenters. The minimum atomic E-state index is 0. The van der Waals surface area contributed by atoms with Crippen LogP contribution in [0.3, 0.4) is 0 Å². The zero-order valence-corrected chi connectivity index (χ0v) is 21.9. The SMILES string of the molecule is C.C.Cc1cc(C)c([PH+]=[C]Cl)c(C)c1.Cc1cc(C)c([PH+]=[C]Cl)c(C)c1.[Sn]. The molecule has 2 rings (SSSR count). The summed E-state index contributed by atoms with van der Waals surface area (Å²) in [6.45, 7) is 12.7. The molecule has 0 nitrogen and oxygen atoms in total. The maximum absolute atomic E-state index is 5.48. The molecule has 2 aromatic rings. The van der Waals surface area contributed by atoms with Gasteiger partial charge in [0.05, 0.1) is 0 Å². The molecule has 27 heavy (non-hydrogen) atoms.